The average molecular weight is 323 g/mol. The maximum Gasteiger partial charge on any atom is 0.250 e. The van der Waals surface area contributed by atoms with Crippen LogP contribution in [0.2, 0.25) is 0 Å². The van der Waals surface area contributed by atoms with Gasteiger partial charge in [-0.1, -0.05) is 24.3 Å². The monoisotopic (exact) mass is 323 g/mol. The zero-order valence-electron chi connectivity index (χ0n) is 13.5. The van der Waals surface area contributed by atoms with E-state index < -0.39 is 0 Å². The molecule has 0 spiro atoms. The number of nitrogens with one attached hydrogen (secondary N) is 1. The summed E-state index contributed by atoms with van der Waals surface area (Å²) in [6, 6.07) is 14.2. The quantitative estimate of drug-likeness (QED) is 0.799. The number of aryl methyl sites for hydroxylation is 1. The number of amides is 1. The van der Waals surface area contributed by atoms with Crippen molar-refractivity contribution < 1.29 is 13.9 Å². The van der Waals surface area contributed by atoms with E-state index in [0.29, 0.717) is 22.4 Å². The Morgan fingerprint density at radius 3 is 2.71 bits per heavy atom. The van der Waals surface area contributed by atoms with Crippen molar-refractivity contribution in [2.75, 3.05) is 19.0 Å². The van der Waals surface area contributed by atoms with E-state index in [2.05, 4.69) is 5.32 Å². The van der Waals surface area contributed by atoms with Crippen LogP contribution in [-0.2, 0) is 9.53 Å². The Morgan fingerprint density at radius 2 is 1.96 bits per heavy atom. The minimum Gasteiger partial charge on any atom is -0.456 e. The van der Waals surface area contributed by atoms with Crippen LogP contribution in [0.15, 0.2) is 57.7 Å². The van der Waals surface area contributed by atoms with Crippen molar-refractivity contribution in [1.82, 2.24) is 0 Å². The maximum atomic E-state index is 12.5. The topological polar surface area (TPSA) is 68.5 Å². The molecule has 5 nitrogen and oxygen atoms in total. The molecule has 0 unspecified atom stereocenters. The zero-order chi connectivity index (χ0) is 17.1. The van der Waals surface area contributed by atoms with Crippen LogP contribution in [0.4, 0.5) is 5.69 Å². The maximum absolute atomic E-state index is 12.5. The van der Waals surface area contributed by atoms with Gasteiger partial charge in [0.2, 0.25) is 5.91 Å². The SMILES string of the molecule is COCC(=O)Nc1ccc2oc(-c3ccccc3C)cc(=O)c2c1. The number of anilines is 1. The molecule has 1 heterocycles. The first-order valence-electron chi connectivity index (χ1n) is 7.51. The number of carbonyl (C=O) groups excluding carboxylic acids is 1. The van der Waals surface area contributed by atoms with Gasteiger partial charge >= 0.3 is 0 Å². The van der Waals surface area contributed by atoms with Gasteiger partial charge in [-0.15, -0.1) is 0 Å². The Bertz CT molecular complexity index is 959. The molecule has 0 saturated carbocycles. The van der Waals surface area contributed by atoms with Crippen molar-refractivity contribution in [3.05, 3.63) is 64.3 Å². The summed E-state index contributed by atoms with van der Waals surface area (Å²) in [5.74, 6) is 0.250. The molecule has 1 aromatic heterocycles. The Hall–Kier alpha value is -2.92. The van der Waals surface area contributed by atoms with Crippen molar-refractivity contribution in [2.45, 2.75) is 6.92 Å². The van der Waals surface area contributed by atoms with Gasteiger partial charge in [-0.3, -0.25) is 9.59 Å². The van der Waals surface area contributed by atoms with E-state index in [0.717, 1.165) is 11.1 Å². The first-order chi connectivity index (χ1) is 11.6. The fourth-order valence-electron chi connectivity index (χ4n) is 2.54. The second-order valence-corrected chi connectivity index (χ2v) is 5.48. The predicted octanol–water partition coefficient (Wildman–Crippen LogP) is 3.35. The summed E-state index contributed by atoms with van der Waals surface area (Å²) in [5.41, 5.74) is 2.76. The summed E-state index contributed by atoms with van der Waals surface area (Å²) in [4.78, 5) is 24.0. The molecule has 24 heavy (non-hydrogen) atoms. The van der Waals surface area contributed by atoms with E-state index in [9.17, 15) is 9.59 Å². The van der Waals surface area contributed by atoms with Crippen LogP contribution in [0.25, 0.3) is 22.3 Å². The molecule has 0 fully saturated rings. The number of hydrogen-bond acceptors (Lipinski definition) is 4. The van der Waals surface area contributed by atoms with Crippen molar-refractivity contribution >= 4 is 22.6 Å². The van der Waals surface area contributed by atoms with Crippen molar-refractivity contribution in [2.24, 2.45) is 0 Å². The highest BCUT2D eigenvalue weighted by Gasteiger charge is 2.10. The summed E-state index contributed by atoms with van der Waals surface area (Å²) < 4.78 is 10.7. The number of rotatable bonds is 4. The fourth-order valence-corrected chi connectivity index (χ4v) is 2.54. The molecule has 122 valence electrons. The van der Waals surface area contributed by atoms with Gasteiger partial charge < -0.3 is 14.5 Å². The van der Waals surface area contributed by atoms with Gasteiger partial charge in [-0.2, -0.15) is 0 Å². The first kappa shape index (κ1) is 16.0. The number of fused-ring (bicyclic) bond motifs is 1. The van der Waals surface area contributed by atoms with Crippen LogP contribution in [0.5, 0.6) is 0 Å². The van der Waals surface area contributed by atoms with Gasteiger partial charge in [0, 0.05) is 24.4 Å². The predicted molar refractivity (Wildman–Crippen MR) is 93.2 cm³/mol. The summed E-state index contributed by atoms with van der Waals surface area (Å²) in [6.45, 7) is 1.92. The fraction of sp³-hybridized carbons (Fsp3) is 0.158. The lowest BCUT2D eigenvalue weighted by Crippen LogP contribution is -2.17. The van der Waals surface area contributed by atoms with Gasteiger partial charge in [-0.05, 0) is 30.7 Å². The van der Waals surface area contributed by atoms with Crippen molar-refractivity contribution in [1.29, 1.82) is 0 Å². The van der Waals surface area contributed by atoms with E-state index in [4.69, 9.17) is 9.15 Å². The van der Waals surface area contributed by atoms with E-state index in [1.54, 1.807) is 18.2 Å². The second-order valence-electron chi connectivity index (χ2n) is 5.48. The molecule has 0 bridgehead atoms. The third-order valence-electron chi connectivity index (χ3n) is 3.70. The van der Waals surface area contributed by atoms with Crippen LogP contribution in [0.1, 0.15) is 5.56 Å². The molecule has 0 atom stereocenters. The molecule has 1 amide bonds. The van der Waals surface area contributed by atoms with Crippen LogP contribution in [0.3, 0.4) is 0 Å². The highest BCUT2D eigenvalue weighted by molar-refractivity contribution is 5.94. The number of carbonyl (C=O) groups is 1. The van der Waals surface area contributed by atoms with Crippen molar-refractivity contribution in [3.63, 3.8) is 0 Å². The number of ether oxygens (including phenoxy) is 1. The smallest absolute Gasteiger partial charge is 0.250 e. The summed E-state index contributed by atoms with van der Waals surface area (Å²) in [6.07, 6.45) is 0. The van der Waals surface area contributed by atoms with E-state index in [1.807, 2.05) is 31.2 Å². The molecule has 0 aliphatic rings. The minimum atomic E-state index is -0.280. The zero-order valence-corrected chi connectivity index (χ0v) is 13.5. The highest BCUT2D eigenvalue weighted by Crippen LogP contribution is 2.26. The number of hydrogen-bond donors (Lipinski definition) is 1. The van der Waals surface area contributed by atoms with Gasteiger partial charge in [0.05, 0.1) is 5.39 Å². The van der Waals surface area contributed by atoms with Crippen molar-refractivity contribution in [3.8, 4) is 11.3 Å². The molecule has 1 N–H and O–H groups in total. The van der Waals surface area contributed by atoms with Crippen LogP contribution < -0.4 is 10.7 Å². The lowest BCUT2D eigenvalue weighted by molar-refractivity contribution is -0.119. The lowest BCUT2D eigenvalue weighted by Gasteiger charge is -2.08. The molecule has 0 aliphatic heterocycles. The van der Waals surface area contributed by atoms with Gasteiger partial charge in [0.1, 0.15) is 18.0 Å². The van der Waals surface area contributed by atoms with E-state index in [-0.39, 0.29) is 17.9 Å². The van der Waals surface area contributed by atoms with Gasteiger partial charge in [-0.25, -0.2) is 0 Å². The molecular weight excluding hydrogens is 306 g/mol. The lowest BCUT2D eigenvalue weighted by atomic mass is 10.1. The molecule has 3 rings (SSSR count). The largest absolute Gasteiger partial charge is 0.456 e. The molecule has 2 aromatic carbocycles. The van der Waals surface area contributed by atoms with Gasteiger partial charge in [0.25, 0.3) is 0 Å². The Labute approximate surface area is 138 Å². The summed E-state index contributed by atoms with van der Waals surface area (Å²) >= 11 is 0. The Kier molecular flexibility index (Phi) is 4.44. The van der Waals surface area contributed by atoms with Gasteiger partial charge in [0.15, 0.2) is 5.43 Å². The molecular formula is C19H17NO4. The average Bonchev–Trinajstić information content (AvgIpc) is 2.56. The molecule has 5 heteroatoms. The van der Waals surface area contributed by atoms with Crippen LogP contribution in [-0.4, -0.2) is 19.6 Å². The third-order valence-corrected chi connectivity index (χ3v) is 3.70. The number of methoxy groups -OCH3 is 1. The number of benzene rings is 2. The Morgan fingerprint density at radius 1 is 1.17 bits per heavy atom. The molecule has 0 aliphatic carbocycles. The third kappa shape index (κ3) is 3.21. The van der Waals surface area contributed by atoms with E-state index >= 15 is 0 Å². The summed E-state index contributed by atoms with van der Waals surface area (Å²) in [5, 5.41) is 3.09. The minimum absolute atomic E-state index is 0.0428. The standard InChI is InChI=1S/C19H17NO4/c1-12-5-3-4-6-14(12)18-10-16(21)15-9-13(7-8-17(15)24-18)20-19(22)11-23-2/h3-10H,11H2,1-2H3,(H,20,22). The van der Waals surface area contributed by atoms with Crippen LogP contribution in [0, 0.1) is 6.92 Å². The normalized spacial score (nSPS) is 10.8. The molecule has 0 saturated heterocycles. The van der Waals surface area contributed by atoms with E-state index in [1.165, 1.54) is 13.2 Å². The van der Waals surface area contributed by atoms with Crippen LogP contribution >= 0.6 is 0 Å². The highest BCUT2D eigenvalue weighted by atomic mass is 16.5. The second kappa shape index (κ2) is 6.68. The summed E-state index contributed by atoms with van der Waals surface area (Å²) in [7, 11) is 1.45. The Balaban J connectivity index is 2.03. The molecule has 0 radical (unpaired) electrons. The first-order valence-corrected chi connectivity index (χ1v) is 7.51. The molecule has 3 aromatic rings.